The van der Waals surface area contributed by atoms with Crippen LogP contribution in [0.1, 0.15) is 37.8 Å². The van der Waals surface area contributed by atoms with Gasteiger partial charge in [0.2, 0.25) is 0 Å². The number of ether oxygens (including phenoxy) is 1. The van der Waals surface area contributed by atoms with E-state index in [1.165, 1.54) is 12.5 Å². The Hall–Kier alpha value is -3.65. The molecule has 0 saturated carbocycles. The number of likely N-dealkylation sites (tertiary alicyclic amines) is 1. The fraction of sp³-hybridized carbons (Fsp3) is 0.310. The number of pyridine rings is 1. The second-order valence-electron chi connectivity index (χ2n) is 8.95. The second-order valence-corrected chi connectivity index (χ2v) is 8.95. The Morgan fingerprint density at radius 3 is 2.82 bits per heavy atom. The molecule has 0 amide bonds. The van der Waals surface area contributed by atoms with Gasteiger partial charge in [0, 0.05) is 42.4 Å². The molecular weight excluding hydrogens is 425 g/mol. The van der Waals surface area contributed by atoms with Crippen molar-refractivity contribution in [2.24, 2.45) is 10.9 Å². The van der Waals surface area contributed by atoms with Crippen LogP contribution in [-0.4, -0.2) is 36.0 Å². The van der Waals surface area contributed by atoms with Crippen LogP contribution in [-0.2, 0) is 4.74 Å². The maximum absolute atomic E-state index is 14.5. The molecule has 1 fully saturated rings. The number of halogens is 1. The quantitative estimate of drug-likeness (QED) is 0.329. The molecule has 0 aliphatic carbocycles. The number of hydrogen-bond acceptors (Lipinski definition) is 4. The molecule has 4 rings (SSSR count). The molecule has 1 atom stereocenters. The van der Waals surface area contributed by atoms with Crippen LogP contribution in [0, 0.1) is 31.0 Å². The van der Waals surface area contributed by atoms with Gasteiger partial charge < -0.3 is 9.64 Å². The lowest BCUT2D eigenvalue weighted by atomic mass is 9.94. The van der Waals surface area contributed by atoms with Crippen LogP contribution in [0.2, 0.25) is 0 Å². The standard InChI is InChI=1S/C29H30FN3O/c1-7-23-26(30)14-13-22-11-8-12-24(27(22)23)28-20(4)19(3)25(16-31-28)29(32-21(5)34-6)33-15-9-10-18(2)17-33/h1,8,11-14,16,18H,3,9-10,15,17H2,2,4-6H3/b29-25+,32-21+. The van der Waals surface area contributed by atoms with E-state index in [-0.39, 0.29) is 5.56 Å². The van der Waals surface area contributed by atoms with E-state index < -0.39 is 5.82 Å². The molecule has 1 aromatic heterocycles. The van der Waals surface area contributed by atoms with Crippen molar-refractivity contribution < 1.29 is 9.13 Å². The summed E-state index contributed by atoms with van der Waals surface area (Å²) < 4.78 is 19.9. The van der Waals surface area contributed by atoms with Crippen molar-refractivity contribution in [1.82, 2.24) is 9.88 Å². The fourth-order valence-electron chi connectivity index (χ4n) is 4.68. The highest BCUT2D eigenvalue weighted by Gasteiger charge is 2.21. The summed E-state index contributed by atoms with van der Waals surface area (Å²) in [5, 5.41) is 3.27. The molecular formula is C29H30FN3O. The van der Waals surface area contributed by atoms with Gasteiger partial charge in [-0.3, -0.25) is 4.98 Å². The molecule has 4 nitrogen and oxygen atoms in total. The number of nitrogens with zero attached hydrogens (tertiary/aromatic N) is 3. The average Bonchev–Trinajstić information content (AvgIpc) is 2.84. The van der Waals surface area contributed by atoms with Crippen molar-refractivity contribution in [2.45, 2.75) is 33.6 Å². The average molecular weight is 456 g/mol. The normalized spacial score (nSPS) is 17.5. The zero-order valence-electron chi connectivity index (χ0n) is 20.3. The topological polar surface area (TPSA) is 37.7 Å². The summed E-state index contributed by atoms with van der Waals surface area (Å²) in [5.74, 6) is 4.10. The van der Waals surface area contributed by atoms with Crippen molar-refractivity contribution in [2.75, 3.05) is 20.2 Å². The largest absolute Gasteiger partial charge is 0.484 e. The number of methoxy groups -OCH3 is 1. The van der Waals surface area contributed by atoms with E-state index in [1.807, 2.05) is 38.2 Å². The summed E-state index contributed by atoms with van der Waals surface area (Å²) in [6, 6.07) is 8.96. The molecule has 1 aliphatic rings. The zero-order valence-corrected chi connectivity index (χ0v) is 20.3. The minimum atomic E-state index is -0.411. The third kappa shape index (κ3) is 4.28. The van der Waals surface area contributed by atoms with Crippen molar-refractivity contribution in [3.63, 3.8) is 0 Å². The van der Waals surface area contributed by atoms with Crippen molar-refractivity contribution >= 4 is 29.1 Å². The maximum atomic E-state index is 14.5. The van der Waals surface area contributed by atoms with Gasteiger partial charge in [-0.15, -0.1) is 6.42 Å². The minimum absolute atomic E-state index is 0.249. The molecule has 0 N–H and O–H groups in total. The summed E-state index contributed by atoms with van der Waals surface area (Å²) in [6.45, 7) is 12.3. The third-order valence-electron chi connectivity index (χ3n) is 6.61. The maximum Gasteiger partial charge on any atom is 0.186 e. The number of aromatic nitrogens is 1. The molecule has 0 bridgehead atoms. The van der Waals surface area contributed by atoms with Crippen LogP contribution in [0.4, 0.5) is 4.39 Å². The highest BCUT2D eigenvalue weighted by Crippen LogP contribution is 2.32. The number of benzene rings is 2. The van der Waals surface area contributed by atoms with Crippen LogP contribution >= 0.6 is 0 Å². The first-order valence-electron chi connectivity index (χ1n) is 11.6. The van der Waals surface area contributed by atoms with Crippen LogP contribution in [0.3, 0.4) is 0 Å². The number of piperidine rings is 1. The van der Waals surface area contributed by atoms with Crippen LogP contribution < -0.4 is 10.4 Å². The van der Waals surface area contributed by atoms with Gasteiger partial charge in [-0.25, -0.2) is 4.39 Å². The highest BCUT2D eigenvalue weighted by atomic mass is 19.1. The van der Waals surface area contributed by atoms with E-state index in [4.69, 9.17) is 21.1 Å². The van der Waals surface area contributed by atoms with Crippen LogP contribution in [0.25, 0.3) is 34.4 Å². The fourth-order valence-corrected chi connectivity index (χ4v) is 4.68. The van der Waals surface area contributed by atoms with Gasteiger partial charge in [0.15, 0.2) is 5.90 Å². The predicted octanol–water partition coefficient (Wildman–Crippen LogP) is 4.60. The van der Waals surface area contributed by atoms with Crippen molar-refractivity contribution in [3.05, 3.63) is 63.9 Å². The first kappa shape index (κ1) is 23.5. The zero-order chi connectivity index (χ0) is 24.4. The molecule has 174 valence electrons. The molecule has 34 heavy (non-hydrogen) atoms. The lowest BCUT2D eigenvalue weighted by Gasteiger charge is -2.33. The van der Waals surface area contributed by atoms with E-state index >= 15 is 0 Å². The lowest BCUT2D eigenvalue weighted by Crippen LogP contribution is -2.40. The van der Waals surface area contributed by atoms with Gasteiger partial charge >= 0.3 is 0 Å². The van der Waals surface area contributed by atoms with Crippen molar-refractivity contribution in [1.29, 1.82) is 0 Å². The Morgan fingerprint density at radius 2 is 2.12 bits per heavy atom. The number of hydrogen-bond donors (Lipinski definition) is 0. The SMILES string of the molecule is C#Cc1c(F)ccc2cccc(-c3nc/c(=C(/N=C(\C)OC)N4CCCC(C)C4)c(=C)c3C)c12. The Bertz CT molecular complexity index is 1430. The molecule has 1 aliphatic heterocycles. The second kappa shape index (κ2) is 9.69. The summed E-state index contributed by atoms with van der Waals surface area (Å²) in [6.07, 6.45) is 9.83. The van der Waals surface area contributed by atoms with E-state index in [1.54, 1.807) is 13.2 Å². The number of aliphatic imine (C=N–C) groups is 1. The lowest BCUT2D eigenvalue weighted by molar-refractivity contribution is 0.255. The van der Waals surface area contributed by atoms with Crippen molar-refractivity contribution in [3.8, 4) is 23.6 Å². The van der Waals surface area contributed by atoms with E-state index in [0.29, 0.717) is 17.2 Å². The van der Waals surface area contributed by atoms with Gasteiger partial charge in [0.05, 0.1) is 18.4 Å². The predicted molar refractivity (Wildman–Crippen MR) is 138 cm³/mol. The number of fused-ring (bicyclic) bond motifs is 1. The Kier molecular flexibility index (Phi) is 6.70. The first-order valence-corrected chi connectivity index (χ1v) is 11.6. The monoisotopic (exact) mass is 455 g/mol. The van der Waals surface area contributed by atoms with E-state index in [0.717, 1.165) is 58.0 Å². The molecule has 5 heteroatoms. The Morgan fingerprint density at radius 1 is 1.32 bits per heavy atom. The molecule has 0 spiro atoms. The number of rotatable bonds is 3. The Labute approximate surface area is 200 Å². The Balaban J connectivity index is 1.99. The molecule has 2 heterocycles. The smallest absolute Gasteiger partial charge is 0.186 e. The molecule has 1 saturated heterocycles. The third-order valence-corrected chi connectivity index (χ3v) is 6.61. The summed E-state index contributed by atoms with van der Waals surface area (Å²) in [4.78, 5) is 11.9. The van der Waals surface area contributed by atoms with Crippen LogP contribution in [0.5, 0.6) is 0 Å². The van der Waals surface area contributed by atoms with Gasteiger partial charge in [-0.05, 0) is 47.9 Å². The number of terminal acetylenes is 1. The van der Waals surface area contributed by atoms with Gasteiger partial charge in [-0.2, -0.15) is 4.99 Å². The van der Waals surface area contributed by atoms with Gasteiger partial charge in [0.25, 0.3) is 0 Å². The van der Waals surface area contributed by atoms with E-state index in [9.17, 15) is 4.39 Å². The summed E-state index contributed by atoms with van der Waals surface area (Å²) >= 11 is 0. The summed E-state index contributed by atoms with van der Waals surface area (Å²) in [7, 11) is 1.62. The summed E-state index contributed by atoms with van der Waals surface area (Å²) in [5.41, 5.74) is 2.69. The van der Waals surface area contributed by atoms with Gasteiger partial charge in [-0.1, -0.05) is 43.7 Å². The van der Waals surface area contributed by atoms with Gasteiger partial charge in [0.1, 0.15) is 11.6 Å². The van der Waals surface area contributed by atoms with E-state index in [2.05, 4.69) is 24.3 Å². The minimum Gasteiger partial charge on any atom is -0.484 e. The highest BCUT2D eigenvalue weighted by molar-refractivity contribution is 6.00. The molecule has 1 unspecified atom stereocenters. The van der Waals surface area contributed by atoms with Crippen LogP contribution in [0.15, 0.2) is 41.5 Å². The molecule has 3 aromatic rings. The first-order chi connectivity index (χ1) is 16.3. The molecule has 2 aromatic carbocycles. The molecule has 0 radical (unpaired) electrons.